The lowest BCUT2D eigenvalue weighted by atomic mass is 10.1. The molecule has 0 aliphatic heterocycles. The number of H-pyrrole nitrogens is 1. The predicted molar refractivity (Wildman–Crippen MR) is 76.5 cm³/mol. The molecule has 0 saturated heterocycles. The van der Waals surface area contributed by atoms with Gasteiger partial charge >= 0.3 is 0 Å². The summed E-state index contributed by atoms with van der Waals surface area (Å²) in [5, 5.41) is 19.0. The largest absolute Gasteiger partial charge is 0.394 e. The van der Waals surface area contributed by atoms with Crippen molar-refractivity contribution in [2.75, 3.05) is 6.61 Å². The van der Waals surface area contributed by atoms with Crippen LogP contribution in [0.15, 0.2) is 36.4 Å². The number of carbonyl (C=O) groups is 1. The fourth-order valence-corrected chi connectivity index (χ4v) is 1.98. The summed E-state index contributed by atoms with van der Waals surface area (Å²) in [4.78, 5) is 12.0. The first-order valence-electron chi connectivity index (χ1n) is 6.72. The molecule has 3 N–H and O–H groups in total. The third-order valence-electron chi connectivity index (χ3n) is 3.12. The Balaban J connectivity index is 1.97. The van der Waals surface area contributed by atoms with E-state index >= 15 is 0 Å². The highest BCUT2D eigenvalue weighted by Gasteiger charge is 2.15. The quantitative estimate of drug-likeness (QED) is 0.742. The molecule has 1 aromatic carbocycles. The Morgan fingerprint density at radius 3 is 2.75 bits per heavy atom. The van der Waals surface area contributed by atoms with Gasteiger partial charge in [-0.25, -0.2) is 0 Å². The average molecular weight is 273 g/mol. The molecule has 1 aromatic heterocycles. The van der Waals surface area contributed by atoms with Crippen molar-refractivity contribution in [1.82, 2.24) is 15.5 Å². The molecular formula is C15H19N3O2. The van der Waals surface area contributed by atoms with Crippen LogP contribution in [0.1, 0.15) is 28.7 Å². The van der Waals surface area contributed by atoms with Crippen molar-refractivity contribution in [2.24, 2.45) is 0 Å². The van der Waals surface area contributed by atoms with Gasteiger partial charge in [0.25, 0.3) is 5.91 Å². The van der Waals surface area contributed by atoms with Crippen LogP contribution in [0, 0.1) is 0 Å². The molecule has 2 rings (SSSR count). The Kier molecular flexibility index (Phi) is 4.90. The Morgan fingerprint density at radius 1 is 1.40 bits per heavy atom. The number of rotatable bonds is 6. The molecule has 0 radical (unpaired) electrons. The van der Waals surface area contributed by atoms with Crippen molar-refractivity contribution >= 4 is 5.91 Å². The number of hydrogen-bond acceptors (Lipinski definition) is 3. The number of nitrogens with zero attached hydrogens (tertiary/aromatic N) is 1. The van der Waals surface area contributed by atoms with Crippen LogP contribution in [0.3, 0.4) is 0 Å². The molecule has 0 unspecified atom stereocenters. The Bertz CT molecular complexity index is 551. The predicted octanol–water partition coefficient (Wildman–Crippen LogP) is 1.31. The van der Waals surface area contributed by atoms with Crippen LogP contribution < -0.4 is 5.32 Å². The molecule has 0 bridgehead atoms. The zero-order valence-corrected chi connectivity index (χ0v) is 11.5. The van der Waals surface area contributed by atoms with E-state index in [2.05, 4.69) is 15.5 Å². The SMILES string of the molecule is CCc1cc(C(=O)N[C@H](CO)Cc2ccccc2)n[nH]1. The fraction of sp³-hybridized carbons (Fsp3) is 0.333. The molecule has 0 saturated carbocycles. The van der Waals surface area contributed by atoms with E-state index in [1.165, 1.54) is 0 Å². The number of amides is 1. The highest BCUT2D eigenvalue weighted by Crippen LogP contribution is 2.05. The summed E-state index contributed by atoms with van der Waals surface area (Å²) in [5.41, 5.74) is 2.34. The van der Waals surface area contributed by atoms with Crippen molar-refractivity contribution < 1.29 is 9.90 Å². The molecule has 5 nitrogen and oxygen atoms in total. The minimum absolute atomic E-state index is 0.105. The van der Waals surface area contributed by atoms with Crippen molar-refractivity contribution in [3.8, 4) is 0 Å². The van der Waals surface area contributed by atoms with E-state index in [-0.39, 0.29) is 18.6 Å². The molecule has 5 heteroatoms. The van der Waals surface area contributed by atoms with E-state index in [9.17, 15) is 9.90 Å². The summed E-state index contributed by atoms with van der Waals surface area (Å²) in [7, 11) is 0. The highest BCUT2D eigenvalue weighted by molar-refractivity contribution is 5.92. The molecule has 20 heavy (non-hydrogen) atoms. The topological polar surface area (TPSA) is 78.0 Å². The first kappa shape index (κ1) is 14.3. The lowest BCUT2D eigenvalue weighted by Crippen LogP contribution is -2.39. The van der Waals surface area contributed by atoms with E-state index < -0.39 is 0 Å². The third kappa shape index (κ3) is 3.68. The summed E-state index contributed by atoms with van der Waals surface area (Å²) in [6.45, 7) is 1.88. The summed E-state index contributed by atoms with van der Waals surface area (Å²) in [5.74, 6) is -0.268. The molecule has 1 heterocycles. The summed E-state index contributed by atoms with van der Waals surface area (Å²) in [6, 6.07) is 11.2. The van der Waals surface area contributed by atoms with Crippen LogP contribution >= 0.6 is 0 Å². The lowest BCUT2D eigenvalue weighted by Gasteiger charge is -2.15. The summed E-state index contributed by atoms with van der Waals surface area (Å²) in [6.07, 6.45) is 1.39. The normalized spacial score (nSPS) is 12.1. The van der Waals surface area contributed by atoms with Gasteiger partial charge in [0.05, 0.1) is 12.6 Å². The zero-order chi connectivity index (χ0) is 14.4. The maximum Gasteiger partial charge on any atom is 0.272 e. The van der Waals surface area contributed by atoms with Gasteiger partial charge in [-0.2, -0.15) is 5.10 Å². The molecule has 0 spiro atoms. The number of aliphatic hydroxyl groups excluding tert-OH is 1. The molecule has 1 atom stereocenters. The van der Waals surface area contributed by atoms with E-state index in [0.717, 1.165) is 17.7 Å². The number of benzene rings is 1. The van der Waals surface area contributed by atoms with Crippen molar-refractivity contribution in [2.45, 2.75) is 25.8 Å². The lowest BCUT2D eigenvalue weighted by molar-refractivity contribution is 0.0911. The number of hydrogen-bond donors (Lipinski definition) is 3. The van der Waals surface area contributed by atoms with Crippen molar-refractivity contribution in [1.29, 1.82) is 0 Å². The van der Waals surface area contributed by atoms with E-state index in [4.69, 9.17) is 0 Å². The van der Waals surface area contributed by atoms with Crippen LogP contribution in [0.2, 0.25) is 0 Å². The van der Waals surface area contributed by atoms with Gasteiger partial charge in [-0.15, -0.1) is 0 Å². The third-order valence-corrected chi connectivity index (χ3v) is 3.12. The van der Waals surface area contributed by atoms with Crippen LogP contribution in [-0.4, -0.2) is 33.9 Å². The molecule has 1 amide bonds. The first-order chi connectivity index (χ1) is 9.72. The molecule has 0 aliphatic rings. The van der Waals surface area contributed by atoms with Crippen molar-refractivity contribution in [3.63, 3.8) is 0 Å². The van der Waals surface area contributed by atoms with Gasteiger partial charge in [0, 0.05) is 5.69 Å². The van der Waals surface area contributed by atoms with Gasteiger partial charge < -0.3 is 10.4 Å². The molecule has 106 valence electrons. The maximum absolute atomic E-state index is 12.0. The van der Waals surface area contributed by atoms with Crippen LogP contribution in [0.4, 0.5) is 0 Å². The monoisotopic (exact) mass is 273 g/mol. The Labute approximate surface area is 118 Å². The number of carbonyl (C=O) groups excluding carboxylic acids is 1. The second-order valence-electron chi connectivity index (χ2n) is 4.67. The summed E-state index contributed by atoms with van der Waals surface area (Å²) < 4.78 is 0. The van der Waals surface area contributed by atoms with Gasteiger partial charge in [0.2, 0.25) is 0 Å². The minimum Gasteiger partial charge on any atom is -0.394 e. The minimum atomic E-state index is -0.313. The Hall–Kier alpha value is -2.14. The number of aryl methyl sites for hydroxylation is 1. The maximum atomic E-state index is 12.0. The molecule has 0 aliphatic carbocycles. The smallest absolute Gasteiger partial charge is 0.272 e. The second kappa shape index (κ2) is 6.86. The Morgan fingerprint density at radius 2 is 2.15 bits per heavy atom. The van der Waals surface area contributed by atoms with Crippen molar-refractivity contribution in [3.05, 3.63) is 53.3 Å². The van der Waals surface area contributed by atoms with Gasteiger partial charge in [0.15, 0.2) is 0 Å². The number of nitrogens with one attached hydrogen (secondary N) is 2. The van der Waals surface area contributed by atoms with Gasteiger partial charge in [-0.05, 0) is 24.5 Å². The highest BCUT2D eigenvalue weighted by atomic mass is 16.3. The fourth-order valence-electron chi connectivity index (χ4n) is 1.98. The van der Waals surface area contributed by atoms with Gasteiger partial charge in [-0.3, -0.25) is 9.89 Å². The van der Waals surface area contributed by atoms with E-state index in [1.807, 2.05) is 37.3 Å². The van der Waals surface area contributed by atoms with Crippen LogP contribution in [-0.2, 0) is 12.8 Å². The van der Waals surface area contributed by atoms with E-state index in [1.54, 1.807) is 6.07 Å². The van der Waals surface area contributed by atoms with E-state index in [0.29, 0.717) is 12.1 Å². The molecule has 0 fully saturated rings. The van der Waals surface area contributed by atoms with Gasteiger partial charge in [-0.1, -0.05) is 37.3 Å². The van der Waals surface area contributed by atoms with Crippen LogP contribution in [0.5, 0.6) is 0 Å². The van der Waals surface area contributed by atoms with Crippen LogP contribution in [0.25, 0.3) is 0 Å². The summed E-state index contributed by atoms with van der Waals surface area (Å²) >= 11 is 0. The average Bonchev–Trinajstić information content (AvgIpc) is 2.96. The molecular weight excluding hydrogens is 254 g/mol. The zero-order valence-electron chi connectivity index (χ0n) is 11.5. The first-order valence-corrected chi connectivity index (χ1v) is 6.72. The number of aliphatic hydroxyl groups is 1. The number of aromatic nitrogens is 2. The second-order valence-corrected chi connectivity index (χ2v) is 4.67. The van der Waals surface area contributed by atoms with Gasteiger partial charge in [0.1, 0.15) is 5.69 Å². The number of aromatic amines is 1. The molecule has 2 aromatic rings. The standard InChI is InChI=1S/C15H19N3O2/c1-2-12-9-14(18-17-12)15(20)16-13(10-19)8-11-6-4-3-5-7-11/h3-7,9,13,19H,2,8,10H2,1H3,(H,16,20)(H,17,18)/t13-/m0/s1.